The van der Waals surface area contributed by atoms with Crippen molar-refractivity contribution in [2.75, 3.05) is 5.32 Å². The number of amides is 1. The molecule has 0 atom stereocenters. The minimum absolute atomic E-state index is 0.155. The topological polar surface area (TPSA) is 59.3 Å². The summed E-state index contributed by atoms with van der Waals surface area (Å²) in [7, 11) is 0. The monoisotopic (exact) mass is 330 g/mol. The van der Waals surface area contributed by atoms with Gasteiger partial charge in [-0.2, -0.15) is 0 Å². The van der Waals surface area contributed by atoms with Gasteiger partial charge in [0.25, 0.3) is 5.91 Å². The number of nitrogens with one attached hydrogen (secondary N) is 1. The number of aryl methyl sites for hydroxylation is 1. The van der Waals surface area contributed by atoms with Gasteiger partial charge in [0.15, 0.2) is 5.65 Å². The van der Waals surface area contributed by atoms with Crippen LogP contribution in [-0.4, -0.2) is 20.3 Å². The van der Waals surface area contributed by atoms with Crippen LogP contribution in [0.25, 0.3) is 5.65 Å². The first-order valence-corrected chi connectivity index (χ1v) is 6.80. The third kappa shape index (κ3) is 2.30. The Balaban J connectivity index is 1.96. The highest BCUT2D eigenvalue weighted by Crippen LogP contribution is 2.16. The predicted molar refractivity (Wildman–Crippen MR) is 79.8 cm³/mol. The second-order valence-electron chi connectivity index (χ2n) is 4.35. The maximum absolute atomic E-state index is 12.3. The van der Waals surface area contributed by atoms with Gasteiger partial charge in [-0.1, -0.05) is 18.2 Å². The first-order valence-electron chi connectivity index (χ1n) is 6.01. The molecule has 2 aromatic heterocycles. The van der Waals surface area contributed by atoms with E-state index in [-0.39, 0.29) is 5.91 Å². The van der Waals surface area contributed by atoms with Gasteiger partial charge >= 0.3 is 0 Å². The maximum Gasteiger partial charge on any atom is 0.257 e. The average molecular weight is 331 g/mol. The molecule has 3 aromatic rings. The number of imidazole rings is 1. The molecule has 100 valence electrons. The lowest BCUT2D eigenvalue weighted by atomic mass is 10.1. The summed E-state index contributed by atoms with van der Waals surface area (Å²) in [6, 6.07) is 7.45. The molecule has 0 saturated heterocycles. The largest absolute Gasteiger partial charge is 0.306 e. The minimum atomic E-state index is -0.155. The van der Waals surface area contributed by atoms with Crippen LogP contribution in [0.2, 0.25) is 0 Å². The summed E-state index contributed by atoms with van der Waals surface area (Å²) in [6.07, 6.45) is 5.00. The molecule has 0 spiro atoms. The molecular formula is C14H11BrN4O. The molecule has 20 heavy (non-hydrogen) atoms. The zero-order valence-corrected chi connectivity index (χ0v) is 12.3. The number of aromatic nitrogens is 3. The Bertz CT molecular complexity index is 797. The smallest absolute Gasteiger partial charge is 0.257 e. The summed E-state index contributed by atoms with van der Waals surface area (Å²) in [5.74, 6) is 0.453. The molecule has 0 radical (unpaired) electrons. The van der Waals surface area contributed by atoms with E-state index in [1.165, 1.54) is 0 Å². The number of carbonyl (C=O) groups excluding carboxylic acids is 1. The van der Waals surface area contributed by atoms with Gasteiger partial charge in [-0.15, -0.1) is 0 Å². The predicted octanol–water partition coefficient (Wildman–Crippen LogP) is 3.05. The number of hydrogen-bond donors (Lipinski definition) is 1. The third-order valence-electron chi connectivity index (χ3n) is 3.00. The van der Waals surface area contributed by atoms with Crippen molar-refractivity contribution in [3.63, 3.8) is 0 Å². The van der Waals surface area contributed by atoms with Crippen LogP contribution in [0, 0.1) is 6.92 Å². The first-order chi connectivity index (χ1) is 9.65. The first kappa shape index (κ1) is 12.8. The van der Waals surface area contributed by atoms with Crippen molar-refractivity contribution in [1.82, 2.24) is 14.4 Å². The molecule has 3 rings (SSSR count). The summed E-state index contributed by atoms with van der Waals surface area (Å²) in [4.78, 5) is 20.6. The zero-order chi connectivity index (χ0) is 14.1. The van der Waals surface area contributed by atoms with Crippen molar-refractivity contribution in [3.8, 4) is 0 Å². The molecule has 6 heteroatoms. The molecule has 1 aromatic carbocycles. The Morgan fingerprint density at radius 1 is 1.25 bits per heavy atom. The van der Waals surface area contributed by atoms with Crippen LogP contribution in [-0.2, 0) is 0 Å². The molecule has 1 amide bonds. The summed E-state index contributed by atoms with van der Waals surface area (Å²) in [6.45, 7) is 1.91. The minimum Gasteiger partial charge on any atom is -0.306 e. The highest BCUT2D eigenvalue weighted by molar-refractivity contribution is 9.10. The Labute approximate surface area is 123 Å². The molecular weight excluding hydrogens is 320 g/mol. The van der Waals surface area contributed by atoms with E-state index in [0.29, 0.717) is 21.6 Å². The van der Waals surface area contributed by atoms with Gasteiger partial charge in [0, 0.05) is 11.8 Å². The molecule has 0 unspecified atom stereocenters. The van der Waals surface area contributed by atoms with E-state index in [4.69, 9.17) is 0 Å². The van der Waals surface area contributed by atoms with E-state index in [0.717, 1.165) is 5.56 Å². The maximum atomic E-state index is 12.3. The molecule has 0 aliphatic rings. The van der Waals surface area contributed by atoms with Crippen LogP contribution in [0.1, 0.15) is 15.9 Å². The van der Waals surface area contributed by atoms with Crippen molar-refractivity contribution in [2.24, 2.45) is 0 Å². The lowest BCUT2D eigenvalue weighted by molar-refractivity contribution is 0.102. The highest BCUT2D eigenvalue weighted by Gasteiger charge is 2.11. The van der Waals surface area contributed by atoms with E-state index >= 15 is 0 Å². The van der Waals surface area contributed by atoms with Gasteiger partial charge in [-0.25, -0.2) is 9.97 Å². The van der Waals surface area contributed by atoms with Gasteiger partial charge in [0.1, 0.15) is 10.4 Å². The Kier molecular flexibility index (Phi) is 3.23. The molecule has 0 aliphatic heterocycles. The number of fused-ring (bicyclic) bond motifs is 1. The molecule has 1 N–H and O–H groups in total. The molecule has 0 fully saturated rings. The third-order valence-corrected chi connectivity index (χ3v) is 3.41. The summed E-state index contributed by atoms with van der Waals surface area (Å²) < 4.78 is 2.45. The van der Waals surface area contributed by atoms with E-state index < -0.39 is 0 Å². The molecule has 5 nitrogen and oxygen atoms in total. The molecule has 0 aliphatic carbocycles. The van der Waals surface area contributed by atoms with Gasteiger partial charge in [-0.05, 0) is 34.5 Å². The Morgan fingerprint density at radius 3 is 2.85 bits per heavy atom. The van der Waals surface area contributed by atoms with Crippen LogP contribution in [0.4, 0.5) is 5.82 Å². The summed E-state index contributed by atoms with van der Waals surface area (Å²) >= 11 is 3.30. The fraction of sp³-hybridized carbons (Fsp3) is 0.0714. The second kappa shape index (κ2) is 5.05. The van der Waals surface area contributed by atoms with Gasteiger partial charge in [0.05, 0.1) is 12.4 Å². The number of carbonyl (C=O) groups is 1. The van der Waals surface area contributed by atoms with Crippen molar-refractivity contribution >= 4 is 33.3 Å². The van der Waals surface area contributed by atoms with Gasteiger partial charge in [-0.3, -0.25) is 9.20 Å². The number of halogens is 1. The average Bonchev–Trinajstić information content (AvgIpc) is 2.82. The SMILES string of the molecule is Cc1ccccc1C(=O)Nc1cnc2cnc(Br)cn12. The lowest BCUT2D eigenvalue weighted by Gasteiger charge is -2.07. The quantitative estimate of drug-likeness (QED) is 0.785. The Morgan fingerprint density at radius 2 is 2.05 bits per heavy atom. The summed E-state index contributed by atoms with van der Waals surface area (Å²) in [5.41, 5.74) is 2.26. The normalized spacial score (nSPS) is 10.7. The number of nitrogens with zero attached hydrogens (tertiary/aromatic N) is 3. The molecule has 2 heterocycles. The number of rotatable bonds is 2. The summed E-state index contributed by atoms with van der Waals surface area (Å²) in [5, 5.41) is 2.86. The Hall–Kier alpha value is -2.21. The van der Waals surface area contributed by atoms with Crippen LogP contribution < -0.4 is 5.32 Å². The fourth-order valence-corrected chi connectivity index (χ4v) is 2.28. The highest BCUT2D eigenvalue weighted by atomic mass is 79.9. The van der Waals surface area contributed by atoms with E-state index in [2.05, 4.69) is 31.2 Å². The van der Waals surface area contributed by atoms with Crippen molar-refractivity contribution in [3.05, 3.63) is 58.6 Å². The zero-order valence-electron chi connectivity index (χ0n) is 10.7. The van der Waals surface area contributed by atoms with E-state index in [1.54, 1.807) is 29.1 Å². The standard InChI is InChI=1S/C14H11BrN4O/c1-9-4-2-3-5-10(9)14(20)18-13-7-17-12-6-16-11(15)8-19(12)13/h2-8H,1H3,(H,18,20). The van der Waals surface area contributed by atoms with Crippen LogP contribution >= 0.6 is 15.9 Å². The van der Waals surface area contributed by atoms with Crippen molar-refractivity contribution < 1.29 is 4.79 Å². The van der Waals surface area contributed by atoms with Crippen molar-refractivity contribution in [1.29, 1.82) is 0 Å². The van der Waals surface area contributed by atoms with Crippen LogP contribution in [0.3, 0.4) is 0 Å². The van der Waals surface area contributed by atoms with Crippen LogP contribution in [0.15, 0.2) is 47.5 Å². The van der Waals surface area contributed by atoms with E-state index in [1.807, 2.05) is 25.1 Å². The number of benzene rings is 1. The molecule has 0 bridgehead atoms. The van der Waals surface area contributed by atoms with Gasteiger partial charge in [0.2, 0.25) is 0 Å². The fourth-order valence-electron chi connectivity index (χ4n) is 1.97. The number of anilines is 1. The van der Waals surface area contributed by atoms with Gasteiger partial charge < -0.3 is 5.32 Å². The lowest BCUT2D eigenvalue weighted by Crippen LogP contribution is -2.14. The number of hydrogen-bond acceptors (Lipinski definition) is 3. The van der Waals surface area contributed by atoms with Crippen LogP contribution in [0.5, 0.6) is 0 Å². The van der Waals surface area contributed by atoms with Crippen molar-refractivity contribution in [2.45, 2.75) is 6.92 Å². The second-order valence-corrected chi connectivity index (χ2v) is 5.16. The van der Waals surface area contributed by atoms with E-state index in [9.17, 15) is 4.79 Å². The molecule has 0 saturated carbocycles.